The van der Waals surface area contributed by atoms with Crippen LogP contribution in [0.5, 0.6) is 5.75 Å². The van der Waals surface area contributed by atoms with E-state index in [0.717, 1.165) is 26.2 Å². The maximum absolute atomic E-state index is 13.5. The van der Waals surface area contributed by atoms with Crippen LogP contribution in [-0.2, 0) is 14.8 Å². The van der Waals surface area contributed by atoms with E-state index in [-0.39, 0.29) is 4.90 Å². The lowest BCUT2D eigenvalue weighted by Crippen LogP contribution is -2.39. The van der Waals surface area contributed by atoms with Crippen molar-refractivity contribution in [3.05, 3.63) is 102 Å². The first-order valence-corrected chi connectivity index (χ1v) is 12.4. The molecule has 178 valence electrons. The summed E-state index contributed by atoms with van der Waals surface area (Å²) >= 11 is 0. The summed E-state index contributed by atoms with van der Waals surface area (Å²) in [7, 11) is -2.52. The number of hydrogen-bond acceptors (Lipinski definition) is 5. The number of methoxy groups -OCH3 is 1. The van der Waals surface area contributed by atoms with Gasteiger partial charge in [0, 0.05) is 5.56 Å². The van der Waals surface area contributed by atoms with E-state index in [0.29, 0.717) is 11.4 Å². The maximum Gasteiger partial charge on any atom is 0.264 e. The molecule has 1 amide bonds. The highest BCUT2D eigenvalue weighted by Crippen LogP contribution is 2.25. The molecule has 7 nitrogen and oxygen atoms in total. The van der Waals surface area contributed by atoms with E-state index in [1.54, 1.807) is 42.6 Å². The molecule has 0 radical (unpaired) electrons. The summed E-state index contributed by atoms with van der Waals surface area (Å²) in [6, 6.07) is 26.6. The number of carbonyl (C=O) groups excluding carboxylic acids is 1. The van der Waals surface area contributed by atoms with Gasteiger partial charge in [-0.3, -0.25) is 9.10 Å². The Morgan fingerprint density at radius 2 is 1.63 bits per heavy atom. The molecule has 0 saturated carbocycles. The Morgan fingerprint density at radius 1 is 0.943 bits per heavy atom. The number of anilines is 1. The summed E-state index contributed by atoms with van der Waals surface area (Å²) in [6.45, 7) is 1.46. The number of hydrogen-bond donors (Lipinski definition) is 1. The van der Waals surface area contributed by atoms with Crippen LogP contribution < -0.4 is 14.5 Å². The number of fused-ring (bicyclic) bond motifs is 1. The lowest BCUT2D eigenvalue weighted by atomic mass is 10.1. The Balaban J connectivity index is 1.57. The Hall–Kier alpha value is -4.17. The van der Waals surface area contributed by atoms with Crippen molar-refractivity contribution >= 4 is 38.6 Å². The number of hydrazone groups is 1. The van der Waals surface area contributed by atoms with Gasteiger partial charge in [0.25, 0.3) is 15.9 Å². The lowest BCUT2D eigenvalue weighted by Gasteiger charge is -2.24. The van der Waals surface area contributed by atoms with Crippen molar-refractivity contribution in [3.8, 4) is 5.75 Å². The molecule has 0 aliphatic rings. The monoisotopic (exact) mass is 487 g/mol. The molecule has 0 heterocycles. The maximum atomic E-state index is 13.5. The Bertz CT molecular complexity index is 1460. The standard InChI is InChI=1S/C27H25N3O4S/c1-20-10-12-23(13-11-20)30(35(32,33)25-16-14-24(34-2)15-17-25)19-27(31)29-28-18-22-8-5-7-21-6-3-4-9-26(21)22/h3-18H,19H2,1-2H3,(H,29,31)/b28-18-. The van der Waals surface area contributed by atoms with Crippen molar-refractivity contribution in [2.75, 3.05) is 18.0 Å². The SMILES string of the molecule is COc1ccc(S(=O)(=O)N(CC(=O)N/N=C\c2cccc3ccccc23)c2ccc(C)cc2)cc1. The minimum Gasteiger partial charge on any atom is -0.497 e. The van der Waals surface area contributed by atoms with Crippen LogP contribution in [0.25, 0.3) is 10.8 Å². The Kier molecular flexibility index (Phi) is 7.12. The van der Waals surface area contributed by atoms with Gasteiger partial charge in [0.1, 0.15) is 12.3 Å². The van der Waals surface area contributed by atoms with Gasteiger partial charge in [-0.2, -0.15) is 5.10 Å². The largest absolute Gasteiger partial charge is 0.497 e. The number of amides is 1. The van der Waals surface area contributed by atoms with Gasteiger partial charge < -0.3 is 4.74 Å². The van der Waals surface area contributed by atoms with Crippen LogP contribution in [0.1, 0.15) is 11.1 Å². The number of nitrogens with one attached hydrogen (secondary N) is 1. The zero-order chi connectivity index (χ0) is 24.8. The average Bonchev–Trinajstić information content (AvgIpc) is 2.88. The van der Waals surface area contributed by atoms with Gasteiger partial charge in [-0.05, 0) is 54.1 Å². The van der Waals surface area contributed by atoms with Crippen LogP contribution >= 0.6 is 0 Å². The fourth-order valence-electron chi connectivity index (χ4n) is 3.60. The molecule has 0 spiro atoms. The normalized spacial score (nSPS) is 11.5. The molecule has 1 N–H and O–H groups in total. The van der Waals surface area contributed by atoms with E-state index < -0.39 is 22.5 Å². The van der Waals surface area contributed by atoms with Gasteiger partial charge in [-0.25, -0.2) is 13.8 Å². The molecule has 8 heteroatoms. The van der Waals surface area contributed by atoms with Crippen LogP contribution in [0.4, 0.5) is 5.69 Å². The molecule has 35 heavy (non-hydrogen) atoms. The first kappa shape index (κ1) is 24.0. The highest BCUT2D eigenvalue weighted by Gasteiger charge is 2.27. The minimum absolute atomic E-state index is 0.0472. The van der Waals surface area contributed by atoms with Crippen LogP contribution in [-0.4, -0.2) is 34.2 Å². The van der Waals surface area contributed by atoms with Crippen molar-refractivity contribution in [1.29, 1.82) is 0 Å². The van der Waals surface area contributed by atoms with E-state index in [1.165, 1.54) is 19.2 Å². The van der Waals surface area contributed by atoms with Crippen LogP contribution in [0.2, 0.25) is 0 Å². The zero-order valence-electron chi connectivity index (χ0n) is 19.4. The van der Waals surface area contributed by atoms with Crippen LogP contribution in [0.15, 0.2) is 101 Å². The van der Waals surface area contributed by atoms with Gasteiger partial charge in [-0.15, -0.1) is 0 Å². The van der Waals surface area contributed by atoms with Crippen molar-refractivity contribution in [1.82, 2.24) is 5.43 Å². The van der Waals surface area contributed by atoms with E-state index in [1.807, 2.05) is 49.4 Å². The molecule has 0 saturated heterocycles. The van der Waals surface area contributed by atoms with E-state index in [9.17, 15) is 13.2 Å². The first-order chi connectivity index (χ1) is 16.9. The minimum atomic E-state index is -4.03. The Labute approximate surface area is 204 Å². The number of sulfonamides is 1. The fourth-order valence-corrected chi connectivity index (χ4v) is 5.02. The topological polar surface area (TPSA) is 88.1 Å². The molecular formula is C27H25N3O4S. The van der Waals surface area contributed by atoms with Crippen LogP contribution in [0, 0.1) is 6.92 Å². The molecule has 0 unspecified atom stereocenters. The average molecular weight is 488 g/mol. The Morgan fingerprint density at radius 3 is 2.34 bits per heavy atom. The zero-order valence-corrected chi connectivity index (χ0v) is 20.2. The lowest BCUT2D eigenvalue weighted by molar-refractivity contribution is -0.119. The van der Waals surface area contributed by atoms with Gasteiger partial charge >= 0.3 is 0 Å². The molecule has 4 rings (SSSR count). The summed E-state index contributed by atoms with van der Waals surface area (Å²) in [4.78, 5) is 12.8. The summed E-state index contributed by atoms with van der Waals surface area (Å²) in [6.07, 6.45) is 1.55. The van der Waals surface area contributed by atoms with Crippen molar-refractivity contribution < 1.29 is 17.9 Å². The van der Waals surface area contributed by atoms with Crippen molar-refractivity contribution in [3.63, 3.8) is 0 Å². The molecule has 4 aromatic carbocycles. The number of rotatable bonds is 8. The molecule has 0 fully saturated rings. The molecule has 0 aliphatic carbocycles. The molecule has 0 aromatic heterocycles. The van der Waals surface area contributed by atoms with E-state index in [4.69, 9.17) is 4.74 Å². The second kappa shape index (κ2) is 10.4. The third kappa shape index (κ3) is 5.50. The second-order valence-electron chi connectivity index (χ2n) is 7.88. The number of nitrogens with zero attached hydrogens (tertiary/aromatic N) is 2. The molecule has 4 aromatic rings. The van der Waals surface area contributed by atoms with Gasteiger partial charge in [0.15, 0.2) is 0 Å². The molecule has 0 atom stereocenters. The molecular weight excluding hydrogens is 462 g/mol. The van der Waals surface area contributed by atoms with Crippen molar-refractivity contribution in [2.24, 2.45) is 5.10 Å². The third-order valence-corrected chi connectivity index (χ3v) is 7.26. The molecule has 0 bridgehead atoms. The van der Waals surface area contributed by atoms with Gasteiger partial charge in [0.05, 0.1) is 23.9 Å². The smallest absolute Gasteiger partial charge is 0.264 e. The predicted octanol–water partition coefficient (Wildman–Crippen LogP) is 4.50. The van der Waals surface area contributed by atoms with E-state index in [2.05, 4.69) is 10.5 Å². The van der Waals surface area contributed by atoms with Gasteiger partial charge in [-0.1, -0.05) is 60.2 Å². The van der Waals surface area contributed by atoms with Crippen LogP contribution in [0.3, 0.4) is 0 Å². The summed E-state index contributed by atoms with van der Waals surface area (Å²) in [5, 5.41) is 6.12. The highest BCUT2D eigenvalue weighted by molar-refractivity contribution is 7.92. The summed E-state index contributed by atoms with van der Waals surface area (Å²) in [5.74, 6) is -0.0366. The quantitative estimate of drug-likeness (QED) is 0.293. The number of carbonyl (C=O) groups is 1. The number of ether oxygens (including phenoxy) is 1. The summed E-state index contributed by atoms with van der Waals surface area (Å²) < 4.78 is 33.1. The first-order valence-electron chi connectivity index (χ1n) is 10.9. The highest BCUT2D eigenvalue weighted by atomic mass is 32.2. The number of aryl methyl sites for hydroxylation is 1. The van der Waals surface area contributed by atoms with Crippen molar-refractivity contribution in [2.45, 2.75) is 11.8 Å². The second-order valence-corrected chi connectivity index (χ2v) is 9.75. The number of benzene rings is 4. The fraction of sp³-hybridized carbons (Fsp3) is 0.111. The third-order valence-electron chi connectivity index (χ3n) is 5.47. The predicted molar refractivity (Wildman–Crippen MR) is 138 cm³/mol. The molecule has 0 aliphatic heterocycles. The van der Waals surface area contributed by atoms with E-state index >= 15 is 0 Å². The van der Waals surface area contributed by atoms with Gasteiger partial charge in [0.2, 0.25) is 0 Å². The summed E-state index contributed by atoms with van der Waals surface area (Å²) in [5.41, 5.74) is 4.64.